The molecule has 3 aromatic heterocycles. The summed E-state index contributed by atoms with van der Waals surface area (Å²) in [6.45, 7) is 1.89. The third-order valence-corrected chi connectivity index (χ3v) is 4.72. The number of anilines is 1. The molecule has 9 heteroatoms. The van der Waals surface area contributed by atoms with E-state index in [1.807, 2.05) is 18.2 Å². The Morgan fingerprint density at radius 3 is 2.89 bits per heavy atom. The molecule has 0 aliphatic carbocycles. The van der Waals surface area contributed by atoms with Gasteiger partial charge in [0.2, 0.25) is 5.13 Å². The van der Waals surface area contributed by atoms with E-state index < -0.39 is 0 Å². The van der Waals surface area contributed by atoms with Gasteiger partial charge in [0, 0.05) is 30.0 Å². The van der Waals surface area contributed by atoms with Crippen LogP contribution in [0.1, 0.15) is 23.3 Å². The van der Waals surface area contributed by atoms with Gasteiger partial charge in [0.05, 0.1) is 0 Å². The molecule has 0 atom stereocenters. The molecule has 0 aromatic carbocycles. The van der Waals surface area contributed by atoms with Gasteiger partial charge in [-0.05, 0) is 44.1 Å². The average molecular weight is 382 g/mol. The lowest BCUT2D eigenvalue weighted by atomic mass is 10.1. The highest BCUT2D eigenvalue weighted by Crippen LogP contribution is 2.21. The lowest BCUT2D eigenvalue weighted by molar-refractivity contribution is 0.102. The number of rotatable bonds is 5. The zero-order valence-electron chi connectivity index (χ0n) is 14.5. The molecule has 8 nitrogen and oxygen atoms in total. The van der Waals surface area contributed by atoms with Gasteiger partial charge in [-0.2, -0.15) is 9.36 Å². The molecule has 4 heterocycles. The Balaban J connectivity index is 1.42. The van der Waals surface area contributed by atoms with Crippen molar-refractivity contribution in [3.8, 4) is 17.3 Å². The van der Waals surface area contributed by atoms with Gasteiger partial charge in [0.25, 0.3) is 5.91 Å². The second kappa shape index (κ2) is 8.19. The predicted octanol–water partition coefficient (Wildman–Crippen LogP) is 2.38. The monoisotopic (exact) mass is 382 g/mol. The summed E-state index contributed by atoms with van der Waals surface area (Å²) in [7, 11) is 0. The molecular formula is C18H18N6O2S. The van der Waals surface area contributed by atoms with Crippen molar-refractivity contribution in [1.82, 2.24) is 24.6 Å². The molecule has 1 aliphatic rings. The second-order valence-corrected chi connectivity index (χ2v) is 6.79. The van der Waals surface area contributed by atoms with Crippen molar-refractivity contribution in [3.63, 3.8) is 0 Å². The molecule has 1 amide bonds. The summed E-state index contributed by atoms with van der Waals surface area (Å²) < 4.78 is 10.2. The van der Waals surface area contributed by atoms with Crippen LogP contribution < -0.4 is 15.4 Å². The van der Waals surface area contributed by atoms with Crippen molar-refractivity contribution < 1.29 is 9.53 Å². The highest BCUT2D eigenvalue weighted by atomic mass is 32.1. The number of nitrogens with zero attached hydrogens (tertiary/aromatic N) is 4. The number of piperidine rings is 1. The molecule has 138 valence electrons. The van der Waals surface area contributed by atoms with Crippen LogP contribution >= 0.6 is 11.5 Å². The molecule has 0 radical (unpaired) electrons. The van der Waals surface area contributed by atoms with Gasteiger partial charge in [-0.1, -0.05) is 6.07 Å². The third kappa shape index (κ3) is 4.44. The van der Waals surface area contributed by atoms with Gasteiger partial charge >= 0.3 is 0 Å². The Bertz CT molecular complexity index is 911. The summed E-state index contributed by atoms with van der Waals surface area (Å²) in [4.78, 5) is 25.1. The van der Waals surface area contributed by atoms with E-state index in [1.54, 1.807) is 24.5 Å². The Kier molecular flexibility index (Phi) is 5.31. The van der Waals surface area contributed by atoms with Crippen LogP contribution in [0.4, 0.5) is 5.13 Å². The van der Waals surface area contributed by atoms with Gasteiger partial charge in [0.15, 0.2) is 5.82 Å². The number of ether oxygens (including phenoxy) is 1. The van der Waals surface area contributed by atoms with Crippen LogP contribution in [0.25, 0.3) is 11.5 Å². The number of carbonyl (C=O) groups is 1. The molecule has 1 saturated heterocycles. The molecule has 0 unspecified atom stereocenters. The summed E-state index contributed by atoms with van der Waals surface area (Å²) in [6, 6.07) is 8.92. The maximum absolute atomic E-state index is 12.5. The van der Waals surface area contributed by atoms with Gasteiger partial charge in [0.1, 0.15) is 23.2 Å². The molecule has 1 aliphatic heterocycles. The Morgan fingerprint density at radius 2 is 2.07 bits per heavy atom. The van der Waals surface area contributed by atoms with Gasteiger partial charge < -0.3 is 10.1 Å². The summed E-state index contributed by atoms with van der Waals surface area (Å²) in [5, 5.41) is 6.42. The van der Waals surface area contributed by atoms with E-state index in [0.29, 0.717) is 22.4 Å². The molecule has 0 spiro atoms. The fraction of sp³-hybridized carbons (Fsp3) is 0.278. The molecule has 27 heavy (non-hydrogen) atoms. The third-order valence-electron chi connectivity index (χ3n) is 4.09. The van der Waals surface area contributed by atoms with Crippen LogP contribution in [-0.4, -0.2) is 44.4 Å². The first-order chi connectivity index (χ1) is 13.3. The van der Waals surface area contributed by atoms with E-state index >= 15 is 0 Å². The predicted molar refractivity (Wildman–Crippen MR) is 102 cm³/mol. The molecule has 0 bridgehead atoms. The smallest absolute Gasteiger partial charge is 0.276 e. The zero-order chi connectivity index (χ0) is 18.5. The van der Waals surface area contributed by atoms with Crippen molar-refractivity contribution in [3.05, 3.63) is 48.4 Å². The highest BCUT2D eigenvalue weighted by molar-refractivity contribution is 7.10. The Labute approximate surface area is 160 Å². The van der Waals surface area contributed by atoms with E-state index in [2.05, 4.69) is 30.0 Å². The highest BCUT2D eigenvalue weighted by Gasteiger charge is 2.17. The van der Waals surface area contributed by atoms with Crippen molar-refractivity contribution in [2.24, 2.45) is 0 Å². The first-order valence-electron chi connectivity index (χ1n) is 8.68. The molecule has 4 rings (SSSR count). The molecule has 1 fully saturated rings. The summed E-state index contributed by atoms with van der Waals surface area (Å²) >= 11 is 1.10. The second-order valence-electron chi connectivity index (χ2n) is 6.04. The molecule has 3 aromatic rings. The van der Waals surface area contributed by atoms with Crippen molar-refractivity contribution in [1.29, 1.82) is 0 Å². The van der Waals surface area contributed by atoms with E-state index in [4.69, 9.17) is 4.74 Å². The van der Waals surface area contributed by atoms with E-state index in [-0.39, 0.29) is 17.7 Å². The SMILES string of the molecule is O=C(Nc1nc(-c2ccccn2)ns1)c1cc(OC2CCNCC2)ccn1. The standard InChI is InChI=1S/C18H18N6O2S/c25-17(23-18-22-16(24-27-18)14-3-1-2-7-20-14)15-11-13(6-10-21-15)26-12-4-8-19-9-5-12/h1-3,6-7,10-12,19H,4-5,8-9H2,(H,22,23,24,25). The van der Waals surface area contributed by atoms with Gasteiger partial charge in [-0.3, -0.25) is 20.1 Å². The quantitative estimate of drug-likeness (QED) is 0.698. The van der Waals surface area contributed by atoms with Crippen LogP contribution in [-0.2, 0) is 0 Å². The van der Waals surface area contributed by atoms with Crippen molar-refractivity contribution in [2.75, 3.05) is 18.4 Å². The lowest BCUT2D eigenvalue weighted by Crippen LogP contribution is -2.34. The van der Waals surface area contributed by atoms with Crippen LogP contribution in [0, 0.1) is 0 Å². The first kappa shape index (κ1) is 17.5. The summed E-state index contributed by atoms with van der Waals surface area (Å²) in [6.07, 6.45) is 5.31. The van der Waals surface area contributed by atoms with E-state index in [9.17, 15) is 4.79 Å². The first-order valence-corrected chi connectivity index (χ1v) is 9.45. The van der Waals surface area contributed by atoms with Gasteiger partial charge in [-0.15, -0.1) is 0 Å². The van der Waals surface area contributed by atoms with Crippen LogP contribution in [0.15, 0.2) is 42.7 Å². The maximum Gasteiger partial charge on any atom is 0.276 e. The number of nitrogens with one attached hydrogen (secondary N) is 2. The van der Waals surface area contributed by atoms with Crippen LogP contribution in [0.2, 0.25) is 0 Å². The number of amides is 1. The zero-order valence-corrected chi connectivity index (χ0v) is 15.3. The van der Waals surface area contributed by atoms with Gasteiger partial charge in [-0.25, -0.2) is 0 Å². The number of aromatic nitrogens is 4. The topological polar surface area (TPSA) is 102 Å². The molecular weight excluding hydrogens is 364 g/mol. The maximum atomic E-state index is 12.5. The Hall–Kier alpha value is -2.91. The van der Waals surface area contributed by atoms with Crippen LogP contribution in [0.5, 0.6) is 5.75 Å². The minimum Gasteiger partial charge on any atom is -0.490 e. The van der Waals surface area contributed by atoms with E-state index in [0.717, 1.165) is 37.5 Å². The minimum atomic E-state index is -0.352. The number of hydrogen-bond acceptors (Lipinski definition) is 8. The number of hydrogen-bond donors (Lipinski definition) is 2. The number of pyridine rings is 2. The minimum absolute atomic E-state index is 0.161. The van der Waals surface area contributed by atoms with Crippen LogP contribution in [0.3, 0.4) is 0 Å². The number of carbonyl (C=O) groups excluding carboxylic acids is 1. The molecule has 0 saturated carbocycles. The fourth-order valence-electron chi connectivity index (χ4n) is 2.75. The van der Waals surface area contributed by atoms with E-state index in [1.165, 1.54) is 0 Å². The lowest BCUT2D eigenvalue weighted by Gasteiger charge is -2.23. The fourth-order valence-corrected chi connectivity index (χ4v) is 3.32. The normalized spacial score (nSPS) is 14.7. The summed E-state index contributed by atoms with van der Waals surface area (Å²) in [5.41, 5.74) is 0.931. The van der Waals surface area contributed by atoms with Crippen molar-refractivity contribution in [2.45, 2.75) is 18.9 Å². The average Bonchev–Trinajstić information content (AvgIpc) is 3.18. The summed E-state index contributed by atoms with van der Waals surface area (Å²) in [5.74, 6) is 0.773. The largest absolute Gasteiger partial charge is 0.490 e. The van der Waals surface area contributed by atoms with Crippen molar-refractivity contribution >= 4 is 22.6 Å². The molecule has 2 N–H and O–H groups in total. The Morgan fingerprint density at radius 1 is 1.19 bits per heavy atom.